The van der Waals surface area contributed by atoms with Crippen molar-refractivity contribution >= 4 is 28.0 Å². The molecule has 0 radical (unpaired) electrons. The van der Waals surface area contributed by atoms with E-state index in [0.717, 1.165) is 22.0 Å². The predicted molar refractivity (Wildman–Crippen MR) is 108 cm³/mol. The maximum absolute atomic E-state index is 13.1. The fourth-order valence-corrected chi connectivity index (χ4v) is 4.09. The molecule has 0 spiro atoms. The second-order valence-electron chi connectivity index (χ2n) is 6.36. The van der Waals surface area contributed by atoms with Crippen molar-refractivity contribution in [3.8, 4) is 0 Å². The number of aromatic nitrogens is 1. The van der Waals surface area contributed by atoms with E-state index in [2.05, 4.69) is 33.9 Å². The number of hydrogen-bond acceptors (Lipinski definition) is 3. The fraction of sp³-hybridized carbons (Fsp3) is 0.136. The zero-order chi connectivity index (χ0) is 17.9. The van der Waals surface area contributed by atoms with Gasteiger partial charge in [0.1, 0.15) is 0 Å². The van der Waals surface area contributed by atoms with Crippen molar-refractivity contribution in [2.45, 2.75) is 19.0 Å². The molecule has 0 amide bonds. The summed E-state index contributed by atoms with van der Waals surface area (Å²) in [4.78, 5) is 17.5. The Kier molecular flexibility index (Phi) is 4.69. The number of Topliss-reactive ketones (excluding diaryl/α,β-unsaturated/α-hetero) is 1. The number of carbonyl (C=O) groups excluding carboxylic acids is 1. The summed E-state index contributed by atoms with van der Waals surface area (Å²) in [6, 6.07) is 22.0. The van der Waals surface area contributed by atoms with E-state index in [1.54, 1.807) is 11.3 Å². The van der Waals surface area contributed by atoms with Gasteiger partial charge in [-0.2, -0.15) is 0 Å². The predicted octanol–water partition coefficient (Wildman–Crippen LogP) is 5.18. The molecule has 0 aliphatic carbocycles. The van der Waals surface area contributed by atoms with Crippen LogP contribution in [0.5, 0.6) is 0 Å². The van der Waals surface area contributed by atoms with Gasteiger partial charge in [0.25, 0.3) is 0 Å². The minimum absolute atomic E-state index is 0.000330. The highest BCUT2D eigenvalue weighted by Crippen LogP contribution is 2.27. The first-order valence-electron chi connectivity index (χ1n) is 8.69. The summed E-state index contributed by atoms with van der Waals surface area (Å²) in [6.07, 6.45) is 1.81. The quantitative estimate of drug-likeness (QED) is 0.465. The van der Waals surface area contributed by atoms with Crippen LogP contribution in [-0.4, -0.2) is 16.8 Å². The van der Waals surface area contributed by atoms with Crippen LogP contribution >= 0.6 is 11.3 Å². The Morgan fingerprint density at radius 3 is 2.54 bits per heavy atom. The lowest BCUT2D eigenvalue weighted by atomic mass is 10.0. The molecule has 0 unspecified atom stereocenters. The van der Waals surface area contributed by atoms with Gasteiger partial charge in [-0.3, -0.25) is 10.1 Å². The fourth-order valence-electron chi connectivity index (χ4n) is 3.28. The van der Waals surface area contributed by atoms with Gasteiger partial charge in [-0.15, -0.1) is 11.3 Å². The maximum Gasteiger partial charge on any atom is 0.181 e. The minimum Gasteiger partial charge on any atom is -0.360 e. The number of hydrogen-bond donors (Lipinski definition) is 2. The number of nitrogens with one attached hydrogen (secondary N) is 2. The smallest absolute Gasteiger partial charge is 0.181 e. The monoisotopic (exact) mass is 360 g/mol. The van der Waals surface area contributed by atoms with Crippen LogP contribution < -0.4 is 5.32 Å². The van der Waals surface area contributed by atoms with Gasteiger partial charge >= 0.3 is 0 Å². The molecule has 0 aliphatic rings. The first kappa shape index (κ1) is 16.8. The molecule has 0 aliphatic heterocycles. The van der Waals surface area contributed by atoms with Gasteiger partial charge < -0.3 is 4.98 Å². The summed E-state index contributed by atoms with van der Waals surface area (Å²) in [6.45, 7) is 1.94. The Labute approximate surface area is 156 Å². The zero-order valence-corrected chi connectivity index (χ0v) is 15.3. The van der Waals surface area contributed by atoms with Crippen molar-refractivity contribution in [3.63, 3.8) is 0 Å². The minimum atomic E-state index is -0.304. The van der Waals surface area contributed by atoms with E-state index in [0.29, 0.717) is 0 Å². The van der Waals surface area contributed by atoms with Crippen LogP contribution in [0.2, 0.25) is 0 Å². The average Bonchev–Trinajstić information content (AvgIpc) is 3.36. The lowest BCUT2D eigenvalue weighted by molar-refractivity contribution is 0.0949. The number of carbonyl (C=O) groups is 1. The molecular formula is C22H20N2OS. The Bertz CT molecular complexity index is 1010. The molecule has 4 heteroatoms. The third-order valence-electron chi connectivity index (χ3n) is 4.63. The molecule has 2 heterocycles. The van der Waals surface area contributed by atoms with Crippen molar-refractivity contribution in [1.82, 2.24) is 10.3 Å². The Morgan fingerprint density at radius 1 is 1.00 bits per heavy atom. The van der Waals surface area contributed by atoms with E-state index in [4.69, 9.17) is 0 Å². The van der Waals surface area contributed by atoms with E-state index in [1.165, 1.54) is 4.88 Å². The first-order valence-corrected chi connectivity index (χ1v) is 9.57. The first-order chi connectivity index (χ1) is 12.7. The van der Waals surface area contributed by atoms with Gasteiger partial charge in [-0.25, -0.2) is 0 Å². The van der Waals surface area contributed by atoms with Crippen molar-refractivity contribution in [2.24, 2.45) is 0 Å². The Balaban J connectivity index is 1.62. The number of benzene rings is 2. The molecule has 0 bridgehead atoms. The summed E-state index contributed by atoms with van der Waals surface area (Å²) in [5.41, 5.74) is 2.88. The van der Waals surface area contributed by atoms with E-state index in [-0.39, 0.29) is 17.9 Å². The van der Waals surface area contributed by atoms with Crippen molar-refractivity contribution in [3.05, 3.63) is 94.3 Å². The van der Waals surface area contributed by atoms with Crippen LogP contribution in [0, 0.1) is 0 Å². The molecule has 26 heavy (non-hydrogen) atoms. The van der Waals surface area contributed by atoms with Gasteiger partial charge in [0.2, 0.25) is 0 Å². The van der Waals surface area contributed by atoms with E-state index < -0.39 is 0 Å². The average molecular weight is 360 g/mol. The van der Waals surface area contributed by atoms with Gasteiger partial charge in [0.15, 0.2) is 5.78 Å². The number of para-hydroxylation sites is 1. The van der Waals surface area contributed by atoms with E-state index in [1.807, 2.05) is 61.7 Å². The van der Waals surface area contributed by atoms with Crippen molar-refractivity contribution < 1.29 is 4.79 Å². The molecule has 3 nitrogen and oxygen atoms in total. The maximum atomic E-state index is 13.1. The van der Waals surface area contributed by atoms with Gasteiger partial charge in [0.05, 0.1) is 12.1 Å². The van der Waals surface area contributed by atoms with Crippen molar-refractivity contribution in [2.75, 3.05) is 0 Å². The molecule has 0 fully saturated rings. The number of H-pyrrole nitrogens is 1. The van der Waals surface area contributed by atoms with E-state index in [9.17, 15) is 4.79 Å². The Hall–Kier alpha value is -2.69. The van der Waals surface area contributed by atoms with Gasteiger partial charge in [0, 0.05) is 27.5 Å². The lowest BCUT2D eigenvalue weighted by Gasteiger charge is -2.22. The van der Waals surface area contributed by atoms with Gasteiger partial charge in [-0.1, -0.05) is 54.6 Å². The molecule has 0 saturated carbocycles. The molecule has 4 rings (SSSR count). The summed E-state index contributed by atoms with van der Waals surface area (Å²) in [5.74, 6) is 0.0972. The van der Waals surface area contributed by atoms with Crippen LogP contribution in [0.25, 0.3) is 10.9 Å². The zero-order valence-electron chi connectivity index (χ0n) is 14.5. The normalized spacial score (nSPS) is 13.6. The molecule has 4 aromatic rings. The summed E-state index contributed by atoms with van der Waals surface area (Å²) < 4.78 is 0. The highest BCUT2D eigenvalue weighted by Gasteiger charge is 2.23. The highest BCUT2D eigenvalue weighted by atomic mass is 32.1. The largest absolute Gasteiger partial charge is 0.360 e. The highest BCUT2D eigenvalue weighted by molar-refractivity contribution is 7.10. The van der Waals surface area contributed by atoms with Crippen LogP contribution in [0.15, 0.2) is 78.3 Å². The summed E-state index contributed by atoms with van der Waals surface area (Å²) in [5, 5.41) is 6.57. The molecule has 0 saturated heterocycles. The second-order valence-corrected chi connectivity index (χ2v) is 7.34. The second kappa shape index (κ2) is 7.28. The van der Waals surface area contributed by atoms with E-state index >= 15 is 0 Å². The summed E-state index contributed by atoms with van der Waals surface area (Å²) >= 11 is 1.70. The Morgan fingerprint density at radius 2 is 1.77 bits per heavy atom. The third-order valence-corrected chi connectivity index (χ3v) is 5.56. The number of rotatable bonds is 6. The molecule has 2 N–H and O–H groups in total. The standard InChI is InChI=1S/C22H20N2OS/c1-15(22(25)18-14-23-19-11-6-5-10-17(18)19)24-21(20-12-7-13-26-20)16-8-3-2-4-9-16/h2-15,21,23-24H,1H3/t15-,21+/m0/s1. The SMILES string of the molecule is C[C@H](N[C@H](c1ccccc1)c1cccs1)C(=O)c1c[nH]c2ccccc12. The van der Waals surface area contributed by atoms with Crippen molar-refractivity contribution in [1.29, 1.82) is 0 Å². The topological polar surface area (TPSA) is 44.9 Å². The molecule has 2 aromatic heterocycles. The number of thiophene rings is 1. The van der Waals surface area contributed by atoms with Crippen LogP contribution in [0.4, 0.5) is 0 Å². The number of aromatic amines is 1. The third kappa shape index (κ3) is 3.21. The summed E-state index contributed by atoms with van der Waals surface area (Å²) in [7, 11) is 0. The molecule has 2 atom stereocenters. The van der Waals surface area contributed by atoms with Crippen LogP contribution in [0.3, 0.4) is 0 Å². The number of fused-ring (bicyclic) bond motifs is 1. The van der Waals surface area contributed by atoms with Crippen LogP contribution in [0.1, 0.15) is 33.8 Å². The number of ketones is 1. The molecule has 2 aromatic carbocycles. The van der Waals surface area contributed by atoms with Gasteiger partial charge in [-0.05, 0) is 30.0 Å². The van der Waals surface area contributed by atoms with Crippen LogP contribution in [-0.2, 0) is 0 Å². The molecule has 130 valence electrons. The molecular weight excluding hydrogens is 340 g/mol. The lowest BCUT2D eigenvalue weighted by Crippen LogP contribution is -2.37.